The zero-order chi connectivity index (χ0) is 20.5. The molecule has 2 heterocycles. The summed E-state index contributed by atoms with van der Waals surface area (Å²) in [5, 5.41) is 5.02. The summed E-state index contributed by atoms with van der Waals surface area (Å²) in [6.07, 6.45) is 0. The van der Waals surface area contributed by atoms with Crippen molar-refractivity contribution in [3.8, 4) is 10.6 Å². The first-order valence-electron chi connectivity index (χ1n) is 8.20. The van der Waals surface area contributed by atoms with E-state index >= 15 is 0 Å². The van der Waals surface area contributed by atoms with Crippen LogP contribution in [0.4, 0.5) is 5.13 Å². The number of hydrogen-bond acceptors (Lipinski definition) is 6. The van der Waals surface area contributed by atoms with E-state index < -0.39 is 15.6 Å². The molecule has 0 fully saturated rings. The summed E-state index contributed by atoms with van der Waals surface area (Å²) in [5.74, 6) is -0.363. The molecule has 1 aromatic carbocycles. The number of nitrogens with one attached hydrogen (secondary N) is 2. The molecule has 2 N–H and O–H groups in total. The molecule has 3 rings (SSSR count). The molecule has 10 heteroatoms. The summed E-state index contributed by atoms with van der Waals surface area (Å²) in [7, 11) is -3.65. The predicted octanol–water partition coefficient (Wildman–Crippen LogP) is 4.85. The monoisotopic (exact) mass is 455 g/mol. The minimum absolute atomic E-state index is 0.102. The number of thiophene rings is 1. The fourth-order valence-electron chi connectivity index (χ4n) is 2.31. The summed E-state index contributed by atoms with van der Waals surface area (Å²) in [5.41, 5.74) is 0.488. The van der Waals surface area contributed by atoms with Crippen molar-refractivity contribution in [2.24, 2.45) is 0 Å². The molecule has 0 aliphatic carbocycles. The van der Waals surface area contributed by atoms with Crippen LogP contribution >= 0.6 is 34.3 Å². The lowest BCUT2D eigenvalue weighted by Crippen LogP contribution is -2.40. The Labute approximate surface area is 176 Å². The molecule has 0 radical (unpaired) electrons. The average molecular weight is 456 g/mol. The standard InChI is InChI=1S/C18H18ClN3O3S3/c1-18(2,3)22-28(24,25)12-6-4-11(5-7-12)16(23)21-17-20-13(10-26-17)14-8-9-15(19)27-14/h4-10,22H,1-3H3,(H,20,21,23). The van der Waals surface area contributed by atoms with E-state index in [1.165, 1.54) is 46.9 Å². The third kappa shape index (κ3) is 5.18. The van der Waals surface area contributed by atoms with Gasteiger partial charge in [-0.15, -0.1) is 22.7 Å². The lowest BCUT2D eigenvalue weighted by molar-refractivity contribution is 0.102. The number of sulfonamides is 1. The van der Waals surface area contributed by atoms with Gasteiger partial charge in [0.1, 0.15) is 0 Å². The van der Waals surface area contributed by atoms with E-state index in [4.69, 9.17) is 11.6 Å². The SMILES string of the molecule is CC(C)(C)NS(=O)(=O)c1ccc(C(=O)Nc2nc(-c3ccc(Cl)s3)cs2)cc1. The van der Waals surface area contributed by atoms with Crippen LogP contribution in [-0.2, 0) is 10.0 Å². The number of benzene rings is 1. The molecule has 0 atom stereocenters. The molecule has 1 amide bonds. The Morgan fingerprint density at radius 3 is 2.36 bits per heavy atom. The quantitative estimate of drug-likeness (QED) is 0.575. The highest BCUT2D eigenvalue weighted by molar-refractivity contribution is 7.89. The fraction of sp³-hybridized carbons (Fsp3) is 0.222. The van der Waals surface area contributed by atoms with Gasteiger partial charge in [-0.1, -0.05) is 11.6 Å². The van der Waals surface area contributed by atoms with Crippen molar-refractivity contribution in [3.05, 3.63) is 51.7 Å². The molecule has 148 valence electrons. The first-order chi connectivity index (χ1) is 13.0. The third-order valence-corrected chi connectivity index (χ3v) is 7.20. The summed E-state index contributed by atoms with van der Waals surface area (Å²) >= 11 is 8.65. The van der Waals surface area contributed by atoms with Gasteiger partial charge in [0.15, 0.2) is 5.13 Å². The van der Waals surface area contributed by atoms with E-state index in [0.717, 1.165) is 10.6 Å². The van der Waals surface area contributed by atoms with Crippen LogP contribution in [0.1, 0.15) is 31.1 Å². The Bertz CT molecular complexity index is 1100. The lowest BCUT2D eigenvalue weighted by Gasteiger charge is -2.20. The lowest BCUT2D eigenvalue weighted by atomic mass is 10.1. The van der Waals surface area contributed by atoms with Crippen LogP contribution in [0.5, 0.6) is 0 Å². The summed E-state index contributed by atoms with van der Waals surface area (Å²) in [6.45, 7) is 5.29. The largest absolute Gasteiger partial charge is 0.298 e. The third-order valence-electron chi connectivity index (χ3n) is 3.42. The molecule has 0 saturated heterocycles. The summed E-state index contributed by atoms with van der Waals surface area (Å²) < 4.78 is 27.9. The number of aromatic nitrogens is 1. The Hall–Kier alpha value is -1.78. The van der Waals surface area contributed by atoms with Gasteiger partial charge >= 0.3 is 0 Å². The highest BCUT2D eigenvalue weighted by atomic mass is 35.5. The zero-order valence-electron chi connectivity index (χ0n) is 15.3. The molecule has 28 heavy (non-hydrogen) atoms. The van der Waals surface area contributed by atoms with Gasteiger partial charge in [-0.05, 0) is 57.2 Å². The zero-order valence-corrected chi connectivity index (χ0v) is 18.5. The number of amides is 1. The highest BCUT2D eigenvalue weighted by Crippen LogP contribution is 2.33. The van der Waals surface area contributed by atoms with Gasteiger partial charge in [0.05, 0.1) is 19.8 Å². The van der Waals surface area contributed by atoms with Crippen LogP contribution in [0.2, 0.25) is 4.34 Å². The predicted molar refractivity (Wildman–Crippen MR) is 115 cm³/mol. The number of rotatable bonds is 5. The van der Waals surface area contributed by atoms with Crippen molar-refractivity contribution in [2.75, 3.05) is 5.32 Å². The molecule has 0 bridgehead atoms. The van der Waals surface area contributed by atoms with E-state index in [9.17, 15) is 13.2 Å². The van der Waals surface area contributed by atoms with Crippen molar-refractivity contribution in [1.82, 2.24) is 9.71 Å². The van der Waals surface area contributed by atoms with Crippen molar-refractivity contribution < 1.29 is 13.2 Å². The van der Waals surface area contributed by atoms with Gasteiger partial charge in [0, 0.05) is 16.5 Å². The molecule has 0 unspecified atom stereocenters. The molecule has 3 aromatic rings. The number of carbonyl (C=O) groups is 1. The molecule has 0 aliphatic heterocycles. The first kappa shape index (κ1) is 20.9. The van der Waals surface area contributed by atoms with Crippen LogP contribution in [0, 0.1) is 0 Å². The Balaban J connectivity index is 1.71. The molecule has 2 aromatic heterocycles. The van der Waals surface area contributed by atoms with Crippen LogP contribution in [0.3, 0.4) is 0 Å². The second kappa shape index (κ2) is 7.92. The van der Waals surface area contributed by atoms with Crippen molar-refractivity contribution in [3.63, 3.8) is 0 Å². The van der Waals surface area contributed by atoms with Gasteiger partial charge in [0.25, 0.3) is 5.91 Å². The maximum Gasteiger partial charge on any atom is 0.257 e. The number of halogens is 1. The van der Waals surface area contributed by atoms with Crippen molar-refractivity contribution in [1.29, 1.82) is 0 Å². The normalized spacial score (nSPS) is 12.1. The Kier molecular flexibility index (Phi) is 5.92. The van der Waals surface area contributed by atoms with E-state index in [-0.39, 0.29) is 10.8 Å². The molecular formula is C18H18ClN3O3S3. The van der Waals surface area contributed by atoms with Crippen LogP contribution in [0.15, 0.2) is 46.7 Å². The number of hydrogen-bond donors (Lipinski definition) is 2. The van der Waals surface area contributed by atoms with E-state index in [1.807, 2.05) is 11.4 Å². The maximum absolute atomic E-state index is 12.4. The minimum atomic E-state index is -3.65. The number of carbonyl (C=O) groups excluding carboxylic acids is 1. The smallest absolute Gasteiger partial charge is 0.257 e. The second-order valence-corrected chi connectivity index (χ2v) is 11.2. The maximum atomic E-state index is 12.4. The van der Waals surface area contributed by atoms with E-state index in [2.05, 4.69) is 15.0 Å². The van der Waals surface area contributed by atoms with Gasteiger partial charge in [-0.25, -0.2) is 18.1 Å². The number of anilines is 1. The van der Waals surface area contributed by atoms with Crippen LogP contribution < -0.4 is 10.0 Å². The molecule has 0 spiro atoms. The first-order valence-corrected chi connectivity index (χ1v) is 11.8. The van der Waals surface area contributed by atoms with Gasteiger partial charge in [-0.2, -0.15) is 0 Å². The van der Waals surface area contributed by atoms with E-state index in [1.54, 1.807) is 26.8 Å². The van der Waals surface area contributed by atoms with Crippen LogP contribution in [0.25, 0.3) is 10.6 Å². The van der Waals surface area contributed by atoms with Crippen LogP contribution in [-0.4, -0.2) is 24.8 Å². The Morgan fingerprint density at radius 2 is 1.79 bits per heavy atom. The molecular weight excluding hydrogens is 438 g/mol. The molecule has 0 aliphatic rings. The van der Waals surface area contributed by atoms with Crippen molar-refractivity contribution in [2.45, 2.75) is 31.2 Å². The van der Waals surface area contributed by atoms with Gasteiger partial charge < -0.3 is 0 Å². The number of nitrogens with zero attached hydrogens (tertiary/aromatic N) is 1. The fourth-order valence-corrected chi connectivity index (χ4v) is 5.52. The summed E-state index contributed by atoms with van der Waals surface area (Å²) in [4.78, 5) is 17.8. The molecule has 6 nitrogen and oxygen atoms in total. The van der Waals surface area contributed by atoms with Gasteiger partial charge in [-0.3, -0.25) is 10.1 Å². The summed E-state index contributed by atoms with van der Waals surface area (Å²) in [6, 6.07) is 9.43. The Morgan fingerprint density at radius 1 is 1.11 bits per heavy atom. The highest BCUT2D eigenvalue weighted by Gasteiger charge is 2.22. The second-order valence-electron chi connectivity index (χ2n) is 6.98. The minimum Gasteiger partial charge on any atom is -0.298 e. The average Bonchev–Trinajstić information content (AvgIpc) is 3.21. The number of thiazole rings is 1. The topological polar surface area (TPSA) is 88.2 Å². The molecule has 0 saturated carbocycles. The van der Waals surface area contributed by atoms with E-state index in [0.29, 0.717) is 15.0 Å². The van der Waals surface area contributed by atoms with Gasteiger partial charge in [0.2, 0.25) is 10.0 Å². The van der Waals surface area contributed by atoms with Crippen molar-refractivity contribution >= 4 is 55.3 Å².